The third kappa shape index (κ3) is 6.07. The predicted octanol–water partition coefficient (Wildman–Crippen LogP) is 3.20. The van der Waals surface area contributed by atoms with E-state index >= 15 is 0 Å². The minimum Gasteiger partial charge on any atom is -0.394 e. The second-order valence-corrected chi connectivity index (χ2v) is 6.98. The van der Waals surface area contributed by atoms with Gasteiger partial charge in [0.25, 0.3) is 11.8 Å². The average molecular weight is 423 g/mol. The van der Waals surface area contributed by atoms with Crippen molar-refractivity contribution >= 4 is 11.7 Å². The van der Waals surface area contributed by atoms with Gasteiger partial charge in [0.1, 0.15) is 6.04 Å². The SMILES string of the molecule is COCCCCC(=O)c1ccc(-c2noc([C@H](CO)NC(=O)c3ccccc3)n2)cc1. The highest BCUT2D eigenvalue weighted by Crippen LogP contribution is 2.20. The van der Waals surface area contributed by atoms with Gasteiger partial charge in [-0.15, -0.1) is 0 Å². The summed E-state index contributed by atoms with van der Waals surface area (Å²) >= 11 is 0. The molecule has 31 heavy (non-hydrogen) atoms. The lowest BCUT2D eigenvalue weighted by atomic mass is 10.0. The zero-order valence-corrected chi connectivity index (χ0v) is 17.3. The molecular formula is C23H25N3O5. The smallest absolute Gasteiger partial charge is 0.251 e. The summed E-state index contributed by atoms with van der Waals surface area (Å²) in [5.41, 5.74) is 1.74. The lowest BCUT2D eigenvalue weighted by Crippen LogP contribution is -2.31. The molecule has 3 aromatic rings. The fourth-order valence-corrected chi connectivity index (χ4v) is 2.99. The van der Waals surface area contributed by atoms with E-state index in [1.165, 1.54) is 0 Å². The van der Waals surface area contributed by atoms with Gasteiger partial charge >= 0.3 is 0 Å². The van der Waals surface area contributed by atoms with Crippen molar-refractivity contribution in [3.8, 4) is 11.4 Å². The monoisotopic (exact) mass is 423 g/mol. The number of aliphatic hydroxyl groups is 1. The average Bonchev–Trinajstić information content (AvgIpc) is 3.31. The van der Waals surface area contributed by atoms with Crippen molar-refractivity contribution in [1.82, 2.24) is 15.5 Å². The van der Waals surface area contributed by atoms with E-state index in [9.17, 15) is 14.7 Å². The van der Waals surface area contributed by atoms with Crippen LogP contribution >= 0.6 is 0 Å². The fraction of sp³-hybridized carbons (Fsp3) is 0.304. The van der Waals surface area contributed by atoms with Crippen molar-refractivity contribution in [1.29, 1.82) is 0 Å². The zero-order chi connectivity index (χ0) is 22.1. The van der Waals surface area contributed by atoms with Crippen molar-refractivity contribution < 1.29 is 24.0 Å². The van der Waals surface area contributed by atoms with Gasteiger partial charge < -0.3 is 19.7 Å². The Balaban J connectivity index is 1.64. The molecule has 0 bridgehead atoms. The van der Waals surface area contributed by atoms with E-state index < -0.39 is 12.6 Å². The normalized spacial score (nSPS) is 11.8. The van der Waals surface area contributed by atoms with Crippen molar-refractivity contribution in [2.45, 2.75) is 25.3 Å². The number of carbonyl (C=O) groups excluding carboxylic acids is 2. The molecule has 0 aliphatic heterocycles. The van der Waals surface area contributed by atoms with Crippen LogP contribution in [0.2, 0.25) is 0 Å². The Morgan fingerprint density at radius 2 is 1.81 bits per heavy atom. The molecule has 0 saturated heterocycles. The molecule has 2 aromatic carbocycles. The van der Waals surface area contributed by atoms with E-state index in [1.807, 2.05) is 6.07 Å². The molecule has 0 saturated carbocycles. The largest absolute Gasteiger partial charge is 0.394 e. The quantitative estimate of drug-likeness (QED) is 0.359. The summed E-state index contributed by atoms with van der Waals surface area (Å²) in [5, 5.41) is 16.3. The molecule has 0 aliphatic carbocycles. The molecule has 2 N–H and O–H groups in total. The molecule has 0 unspecified atom stereocenters. The second kappa shape index (κ2) is 11.1. The van der Waals surface area contributed by atoms with Crippen LogP contribution < -0.4 is 5.32 Å². The number of carbonyl (C=O) groups is 2. The predicted molar refractivity (Wildman–Crippen MR) is 114 cm³/mol. The molecule has 0 spiro atoms. The number of ketones is 1. The number of hydrogen-bond donors (Lipinski definition) is 2. The minimum atomic E-state index is -0.832. The summed E-state index contributed by atoms with van der Waals surface area (Å²) in [6.07, 6.45) is 2.09. The molecular weight excluding hydrogens is 398 g/mol. The van der Waals surface area contributed by atoms with Gasteiger partial charge in [0, 0.05) is 36.8 Å². The molecule has 0 fully saturated rings. The van der Waals surface area contributed by atoms with E-state index in [2.05, 4.69) is 15.5 Å². The number of hydrogen-bond acceptors (Lipinski definition) is 7. The molecule has 162 valence electrons. The summed E-state index contributed by atoms with van der Waals surface area (Å²) in [7, 11) is 1.64. The Morgan fingerprint density at radius 3 is 2.48 bits per heavy atom. The highest BCUT2D eigenvalue weighted by atomic mass is 16.5. The molecule has 1 amide bonds. The first-order valence-electron chi connectivity index (χ1n) is 10.1. The maximum Gasteiger partial charge on any atom is 0.251 e. The van der Waals surface area contributed by atoms with Crippen LogP contribution in [0.1, 0.15) is 51.9 Å². The Labute approximate surface area is 180 Å². The molecule has 8 nitrogen and oxygen atoms in total. The van der Waals surface area contributed by atoms with E-state index in [0.29, 0.717) is 35.5 Å². The van der Waals surface area contributed by atoms with Crippen molar-refractivity contribution in [3.63, 3.8) is 0 Å². The zero-order valence-electron chi connectivity index (χ0n) is 17.3. The summed E-state index contributed by atoms with van der Waals surface area (Å²) in [6, 6.07) is 14.8. The molecule has 0 radical (unpaired) electrons. The fourth-order valence-electron chi connectivity index (χ4n) is 2.99. The first kappa shape index (κ1) is 22.3. The second-order valence-electron chi connectivity index (χ2n) is 6.98. The number of unbranched alkanes of at least 4 members (excludes halogenated alkanes) is 1. The van der Waals surface area contributed by atoms with Gasteiger partial charge in [0.05, 0.1) is 6.61 Å². The Hall–Kier alpha value is -3.36. The van der Waals surface area contributed by atoms with Crippen LogP contribution in [0.5, 0.6) is 0 Å². The van der Waals surface area contributed by atoms with Crippen LogP contribution in [-0.4, -0.2) is 47.3 Å². The first-order chi connectivity index (χ1) is 15.1. The van der Waals surface area contributed by atoms with Crippen molar-refractivity contribution in [2.24, 2.45) is 0 Å². The number of nitrogens with zero attached hydrogens (tertiary/aromatic N) is 2. The lowest BCUT2D eigenvalue weighted by Gasteiger charge is -2.11. The van der Waals surface area contributed by atoms with Gasteiger partial charge in [-0.2, -0.15) is 4.98 Å². The van der Waals surface area contributed by atoms with Gasteiger partial charge in [0.15, 0.2) is 5.78 Å². The Kier molecular flexibility index (Phi) is 8.03. The van der Waals surface area contributed by atoms with E-state index in [-0.39, 0.29) is 17.6 Å². The van der Waals surface area contributed by atoms with Gasteiger partial charge in [-0.25, -0.2) is 0 Å². The third-order valence-corrected chi connectivity index (χ3v) is 4.73. The maximum absolute atomic E-state index is 12.3. The highest BCUT2D eigenvalue weighted by molar-refractivity contribution is 5.96. The standard InChI is InChI=1S/C23H25N3O5/c1-30-14-6-5-9-20(28)16-10-12-17(13-11-16)21-25-23(31-26-21)19(15-27)24-22(29)18-7-3-2-4-8-18/h2-4,7-8,10-13,19,27H,5-6,9,14-15H2,1H3,(H,24,29)/t19-/m0/s1. The van der Waals surface area contributed by atoms with Gasteiger partial charge in [0.2, 0.25) is 5.82 Å². The maximum atomic E-state index is 12.3. The molecule has 1 aromatic heterocycles. The molecule has 1 atom stereocenters. The first-order valence-corrected chi connectivity index (χ1v) is 10.1. The number of nitrogens with one attached hydrogen (secondary N) is 1. The van der Waals surface area contributed by atoms with Crippen LogP contribution in [-0.2, 0) is 4.74 Å². The molecule has 3 rings (SSSR count). The van der Waals surface area contributed by atoms with Gasteiger partial charge in [-0.3, -0.25) is 9.59 Å². The minimum absolute atomic E-state index is 0.0698. The van der Waals surface area contributed by atoms with Crippen molar-refractivity contribution in [2.75, 3.05) is 20.3 Å². The van der Waals surface area contributed by atoms with Crippen LogP contribution in [0.3, 0.4) is 0 Å². The highest BCUT2D eigenvalue weighted by Gasteiger charge is 2.21. The number of amides is 1. The topological polar surface area (TPSA) is 115 Å². The van der Waals surface area contributed by atoms with Gasteiger partial charge in [-0.05, 0) is 25.0 Å². The Bertz CT molecular complexity index is 986. The molecule has 1 heterocycles. The third-order valence-electron chi connectivity index (χ3n) is 4.73. The van der Waals surface area contributed by atoms with E-state index in [0.717, 1.165) is 12.8 Å². The summed E-state index contributed by atoms with van der Waals surface area (Å²) in [4.78, 5) is 28.9. The molecule has 8 heteroatoms. The van der Waals surface area contributed by atoms with Crippen LogP contribution in [0.15, 0.2) is 59.1 Å². The summed E-state index contributed by atoms with van der Waals surface area (Å²) in [5.74, 6) is 0.120. The van der Waals surface area contributed by atoms with Crippen molar-refractivity contribution in [3.05, 3.63) is 71.6 Å². The van der Waals surface area contributed by atoms with E-state index in [4.69, 9.17) is 9.26 Å². The summed E-state index contributed by atoms with van der Waals surface area (Å²) < 4.78 is 10.2. The number of Topliss-reactive ketones (excluding diaryl/α,β-unsaturated/α-hetero) is 1. The number of benzene rings is 2. The number of aromatic nitrogens is 2. The number of rotatable bonds is 11. The number of aliphatic hydroxyl groups excluding tert-OH is 1. The lowest BCUT2D eigenvalue weighted by molar-refractivity contribution is 0.0900. The van der Waals surface area contributed by atoms with E-state index in [1.54, 1.807) is 55.6 Å². The number of methoxy groups -OCH3 is 1. The Morgan fingerprint density at radius 1 is 1.06 bits per heavy atom. The molecule has 0 aliphatic rings. The number of ether oxygens (including phenoxy) is 1. The van der Waals surface area contributed by atoms with Crippen LogP contribution in [0, 0.1) is 0 Å². The van der Waals surface area contributed by atoms with Crippen LogP contribution in [0.4, 0.5) is 0 Å². The van der Waals surface area contributed by atoms with Gasteiger partial charge in [-0.1, -0.05) is 47.6 Å². The van der Waals surface area contributed by atoms with Crippen LogP contribution in [0.25, 0.3) is 11.4 Å². The summed E-state index contributed by atoms with van der Waals surface area (Å²) in [6.45, 7) is 0.254.